The van der Waals surface area contributed by atoms with Crippen LogP contribution in [0.3, 0.4) is 0 Å². The normalized spacial score (nSPS) is 15.9. The average molecular weight is 238 g/mol. The summed E-state index contributed by atoms with van der Waals surface area (Å²) in [6, 6.07) is 0. The number of carbonyl (C=O) groups excluding carboxylic acids is 2. The number of hydrogen-bond donors (Lipinski definition) is 1. The van der Waals surface area contributed by atoms with E-state index in [1.165, 1.54) is 17.1 Å². The molecule has 92 valence electrons. The molecular weight excluding hydrogens is 224 g/mol. The minimum atomic E-state index is -0.546. The van der Waals surface area contributed by atoms with Gasteiger partial charge in [-0.2, -0.15) is 5.10 Å². The summed E-state index contributed by atoms with van der Waals surface area (Å²) in [5, 5.41) is 3.91. The van der Waals surface area contributed by atoms with E-state index in [-0.39, 0.29) is 12.5 Å². The molecule has 0 spiro atoms. The third-order valence-electron chi connectivity index (χ3n) is 2.58. The fraction of sp³-hybridized carbons (Fsp3) is 0.500. The number of carbonyl (C=O) groups is 2. The molecule has 1 aromatic heterocycles. The van der Waals surface area contributed by atoms with Gasteiger partial charge >= 0.3 is 0 Å². The molecule has 2 N–H and O–H groups in total. The highest BCUT2D eigenvalue weighted by molar-refractivity contribution is 5.92. The number of hydrogen-bond acceptors (Lipinski definition) is 4. The number of nitrogens with zero attached hydrogens (tertiary/aromatic N) is 3. The van der Waals surface area contributed by atoms with Crippen LogP contribution < -0.4 is 5.73 Å². The van der Waals surface area contributed by atoms with E-state index in [9.17, 15) is 9.59 Å². The first-order valence-corrected chi connectivity index (χ1v) is 5.34. The molecular formula is C10H14N4O3. The van der Waals surface area contributed by atoms with Gasteiger partial charge < -0.3 is 15.4 Å². The van der Waals surface area contributed by atoms with E-state index in [0.29, 0.717) is 31.9 Å². The zero-order valence-electron chi connectivity index (χ0n) is 9.33. The predicted molar refractivity (Wildman–Crippen MR) is 58.1 cm³/mol. The Kier molecular flexibility index (Phi) is 3.38. The number of amides is 2. The third-order valence-corrected chi connectivity index (χ3v) is 2.58. The maximum Gasteiger partial charge on any atom is 0.251 e. The Morgan fingerprint density at radius 3 is 2.71 bits per heavy atom. The highest BCUT2D eigenvalue weighted by Gasteiger charge is 2.17. The maximum absolute atomic E-state index is 11.8. The molecule has 1 aliphatic heterocycles. The molecule has 0 aromatic carbocycles. The van der Waals surface area contributed by atoms with Gasteiger partial charge in [0.05, 0.1) is 25.0 Å². The second-order valence-corrected chi connectivity index (χ2v) is 3.78. The summed E-state index contributed by atoms with van der Waals surface area (Å²) in [5.41, 5.74) is 5.40. The number of ether oxygens (including phenoxy) is 1. The van der Waals surface area contributed by atoms with Crippen molar-refractivity contribution in [3.05, 3.63) is 18.0 Å². The van der Waals surface area contributed by atoms with Crippen molar-refractivity contribution in [2.45, 2.75) is 6.54 Å². The van der Waals surface area contributed by atoms with Gasteiger partial charge in [-0.05, 0) is 0 Å². The molecule has 0 atom stereocenters. The molecule has 7 heteroatoms. The van der Waals surface area contributed by atoms with Crippen LogP contribution in [0.5, 0.6) is 0 Å². The lowest BCUT2D eigenvalue weighted by atomic mass is 10.3. The van der Waals surface area contributed by atoms with Crippen molar-refractivity contribution in [2.75, 3.05) is 26.3 Å². The van der Waals surface area contributed by atoms with Crippen LogP contribution in [-0.4, -0.2) is 52.8 Å². The van der Waals surface area contributed by atoms with Crippen molar-refractivity contribution < 1.29 is 14.3 Å². The Bertz CT molecular complexity index is 423. The number of rotatable bonds is 3. The molecule has 7 nitrogen and oxygen atoms in total. The monoisotopic (exact) mass is 238 g/mol. The van der Waals surface area contributed by atoms with Gasteiger partial charge in [-0.1, -0.05) is 0 Å². The fourth-order valence-electron chi connectivity index (χ4n) is 1.63. The zero-order chi connectivity index (χ0) is 12.3. The smallest absolute Gasteiger partial charge is 0.251 e. The maximum atomic E-state index is 11.8. The number of nitrogens with two attached hydrogens (primary N) is 1. The van der Waals surface area contributed by atoms with Crippen molar-refractivity contribution in [1.82, 2.24) is 14.7 Å². The van der Waals surface area contributed by atoms with E-state index in [1.54, 1.807) is 4.90 Å². The van der Waals surface area contributed by atoms with Gasteiger partial charge in [0, 0.05) is 19.3 Å². The van der Waals surface area contributed by atoms with Gasteiger partial charge in [-0.25, -0.2) is 0 Å². The van der Waals surface area contributed by atoms with Gasteiger partial charge in [-0.15, -0.1) is 0 Å². The van der Waals surface area contributed by atoms with Crippen LogP contribution in [0.4, 0.5) is 0 Å². The van der Waals surface area contributed by atoms with Gasteiger partial charge in [0.15, 0.2) is 0 Å². The molecule has 2 amide bonds. The van der Waals surface area contributed by atoms with E-state index in [0.717, 1.165) is 0 Å². The third kappa shape index (κ3) is 2.82. The quantitative estimate of drug-likeness (QED) is 0.719. The minimum absolute atomic E-state index is 0.0348. The van der Waals surface area contributed by atoms with Gasteiger partial charge in [0.2, 0.25) is 5.91 Å². The van der Waals surface area contributed by atoms with Crippen molar-refractivity contribution in [3.8, 4) is 0 Å². The number of morpholine rings is 1. The van der Waals surface area contributed by atoms with Crippen molar-refractivity contribution >= 4 is 11.8 Å². The van der Waals surface area contributed by atoms with Crippen LogP contribution in [0.15, 0.2) is 12.4 Å². The van der Waals surface area contributed by atoms with Crippen LogP contribution in [-0.2, 0) is 16.1 Å². The zero-order valence-corrected chi connectivity index (χ0v) is 9.33. The van der Waals surface area contributed by atoms with E-state index in [2.05, 4.69) is 5.10 Å². The van der Waals surface area contributed by atoms with Crippen molar-refractivity contribution in [3.63, 3.8) is 0 Å². The summed E-state index contributed by atoms with van der Waals surface area (Å²) in [6.45, 7) is 2.45. The lowest BCUT2D eigenvalue weighted by Crippen LogP contribution is -2.42. The fourth-order valence-corrected chi connectivity index (χ4v) is 1.63. The first-order chi connectivity index (χ1) is 8.16. The summed E-state index contributed by atoms with van der Waals surface area (Å²) >= 11 is 0. The van der Waals surface area contributed by atoms with Crippen LogP contribution in [0.25, 0.3) is 0 Å². The summed E-state index contributed by atoms with van der Waals surface area (Å²) in [7, 11) is 0. The second kappa shape index (κ2) is 4.96. The molecule has 0 aliphatic carbocycles. The Hall–Kier alpha value is -1.89. The molecule has 1 saturated heterocycles. The summed E-state index contributed by atoms with van der Waals surface area (Å²) in [4.78, 5) is 24.4. The summed E-state index contributed by atoms with van der Waals surface area (Å²) < 4.78 is 6.57. The van der Waals surface area contributed by atoms with Crippen molar-refractivity contribution in [1.29, 1.82) is 0 Å². The topological polar surface area (TPSA) is 90.5 Å². The Balaban J connectivity index is 1.94. The molecule has 1 aliphatic rings. The van der Waals surface area contributed by atoms with E-state index >= 15 is 0 Å². The van der Waals surface area contributed by atoms with Crippen LogP contribution >= 0.6 is 0 Å². The van der Waals surface area contributed by atoms with E-state index in [1.807, 2.05) is 0 Å². The molecule has 2 rings (SSSR count). The molecule has 0 saturated carbocycles. The van der Waals surface area contributed by atoms with Crippen LogP contribution in [0.1, 0.15) is 10.4 Å². The molecule has 17 heavy (non-hydrogen) atoms. The van der Waals surface area contributed by atoms with E-state index < -0.39 is 5.91 Å². The van der Waals surface area contributed by atoms with Gasteiger partial charge in [0.1, 0.15) is 6.54 Å². The summed E-state index contributed by atoms with van der Waals surface area (Å²) in [6.07, 6.45) is 2.83. The molecule has 0 bridgehead atoms. The molecule has 1 aromatic rings. The minimum Gasteiger partial charge on any atom is -0.378 e. The SMILES string of the molecule is NC(=O)c1cnn(CC(=O)N2CCOCC2)c1. The standard InChI is InChI=1S/C10H14N4O3/c11-10(16)8-5-12-14(6-8)7-9(15)13-1-3-17-4-2-13/h5-6H,1-4,7H2,(H2,11,16). The highest BCUT2D eigenvalue weighted by Crippen LogP contribution is 2.01. The number of primary amides is 1. The van der Waals surface area contributed by atoms with Gasteiger partial charge in [-0.3, -0.25) is 14.3 Å². The predicted octanol–water partition coefficient (Wildman–Crippen LogP) is -1.16. The Morgan fingerprint density at radius 2 is 2.12 bits per heavy atom. The van der Waals surface area contributed by atoms with Crippen molar-refractivity contribution in [2.24, 2.45) is 5.73 Å². The Labute approximate surface area is 98.1 Å². The first kappa shape index (κ1) is 11.6. The van der Waals surface area contributed by atoms with Crippen LogP contribution in [0, 0.1) is 0 Å². The molecule has 0 radical (unpaired) electrons. The Morgan fingerprint density at radius 1 is 1.41 bits per heavy atom. The summed E-state index contributed by atoms with van der Waals surface area (Å²) in [5.74, 6) is -0.581. The molecule has 1 fully saturated rings. The molecule has 0 unspecified atom stereocenters. The largest absolute Gasteiger partial charge is 0.378 e. The average Bonchev–Trinajstić information content (AvgIpc) is 2.79. The van der Waals surface area contributed by atoms with Gasteiger partial charge in [0.25, 0.3) is 5.91 Å². The lowest BCUT2D eigenvalue weighted by molar-refractivity contribution is -0.136. The molecule has 2 heterocycles. The second-order valence-electron chi connectivity index (χ2n) is 3.78. The lowest BCUT2D eigenvalue weighted by Gasteiger charge is -2.26. The highest BCUT2D eigenvalue weighted by atomic mass is 16.5. The first-order valence-electron chi connectivity index (χ1n) is 5.34. The number of aromatic nitrogens is 2. The van der Waals surface area contributed by atoms with E-state index in [4.69, 9.17) is 10.5 Å². The van der Waals surface area contributed by atoms with Crippen LogP contribution in [0.2, 0.25) is 0 Å².